The zero-order valence-electron chi connectivity index (χ0n) is 14.5. The lowest BCUT2D eigenvalue weighted by molar-refractivity contribution is 0.652. The van der Waals surface area contributed by atoms with Gasteiger partial charge >= 0.3 is 0 Å². The van der Waals surface area contributed by atoms with Crippen molar-refractivity contribution < 1.29 is 0 Å². The van der Waals surface area contributed by atoms with Crippen molar-refractivity contribution >= 4 is 29.3 Å². The molecule has 0 aliphatic heterocycles. The van der Waals surface area contributed by atoms with Crippen LogP contribution in [0.3, 0.4) is 0 Å². The van der Waals surface area contributed by atoms with Crippen molar-refractivity contribution in [3.05, 3.63) is 98.5 Å². The van der Waals surface area contributed by atoms with Crippen molar-refractivity contribution in [2.24, 2.45) is 0 Å². The molecule has 1 unspecified atom stereocenters. The van der Waals surface area contributed by atoms with Gasteiger partial charge in [-0.15, -0.1) is 0 Å². The first-order valence-corrected chi connectivity index (χ1v) is 9.74. The minimum absolute atomic E-state index is 0.317. The molecule has 1 atom stereocenters. The quantitative estimate of drug-likeness (QED) is 0.429. The zero-order chi connectivity index (χ0) is 17.8. The molecule has 0 saturated carbocycles. The molecular weight excluding hydrogens is 359 g/mol. The van der Waals surface area contributed by atoms with Crippen LogP contribution >= 0.6 is 23.2 Å². The molecule has 3 aromatic carbocycles. The van der Waals surface area contributed by atoms with Gasteiger partial charge < -0.3 is 0 Å². The molecule has 0 amide bonds. The smallest absolute Gasteiger partial charge is 0.0409 e. The monoisotopic (exact) mass is 376 g/mol. The maximum atomic E-state index is 6.35. The fraction of sp³-hybridized carbons (Fsp3) is 0.167. The Morgan fingerprint density at radius 2 is 1.35 bits per heavy atom. The Morgan fingerprint density at radius 1 is 0.731 bits per heavy atom. The standard InChI is InChI=1S/C24H18Cl2/c1-14-10-15-4-2-3-5-18(15)21(14)13-24-22-11-16(25)6-8-19(22)20-9-7-17(26)12-23(20)24/h2-12,21,24H,13H2,1H3. The minimum Gasteiger partial charge on any atom is -0.0843 e. The van der Waals surface area contributed by atoms with E-state index in [9.17, 15) is 0 Å². The first-order valence-electron chi connectivity index (χ1n) is 8.98. The highest BCUT2D eigenvalue weighted by Crippen LogP contribution is 2.52. The third-order valence-corrected chi connectivity index (χ3v) is 6.31. The fourth-order valence-corrected chi connectivity index (χ4v) is 5.02. The number of fused-ring (bicyclic) bond motifs is 4. The number of rotatable bonds is 2. The van der Waals surface area contributed by atoms with Crippen LogP contribution in [-0.4, -0.2) is 0 Å². The number of hydrogen-bond acceptors (Lipinski definition) is 0. The van der Waals surface area contributed by atoms with E-state index in [1.165, 1.54) is 39.0 Å². The van der Waals surface area contributed by atoms with Gasteiger partial charge in [0.05, 0.1) is 0 Å². The Hall–Kier alpha value is -2.02. The Morgan fingerprint density at radius 3 is 2.00 bits per heavy atom. The Balaban J connectivity index is 1.63. The van der Waals surface area contributed by atoms with Gasteiger partial charge in [-0.05, 0) is 71.0 Å². The summed E-state index contributed by atoms with van der Waals surface area (Å²) in [7, 11) is 0. The molecule has 0 fully saturated rings. The molecule has 5 rings (SSSR count). The first-order chi connectivity index (χ1) is 12.6. The molecule has 2 aliphatic rings. The molecule has 2 heteroatoms. The fourth-order valence-electron chi connectivity index (χ4n) is 4.66. The number of benzene rings is 3. The molecule has 0 bridgehead atoms. The number of halogens is 2. The van der Waals surface area contributed by atoms with Crippen LogP contribution in [0.15, 0.2) is 66.2 Å². The van der Waals surface area contributed by atoms with Crippen molar-refractivity contribution in [2.75, 3.05) is 0 Å². The minimum atomic E-state index is 0.317. The normalized spacial score (nSPS) is 17.7. The van der Waals surface area contributed by atoms with Crippen LogP contribution in [0, 0.1) is 0 Å². The summed E-state index contributed by atoms with van der Waals surface area (Å²) in [6.07, 6.45) is 3.37. The number of hydrogen-bond donors (Lipinski definition) is 0. The lowest BCUT2D eigenvalue weighted by atomic mass is 9.82. The predicted octanol–water partition coefficient (Wildman–Crippen LogP) is 7.70. The molecule has 0 radical (unpaired) electrons. The van der Waals surface area contributed by atoms with Gasteiger partial charge in [-0.2, -0.15) is 0 Å². The lowest BCUT2D eigenvalue weighted by Gasteiger charge is -2.21. The van der Waals surface area contributed by atoms with Gasteiger partial charge in [-0.3, -0.25) is 0 Å². The molecule has 0 N–H and O–H groups in total. The molecule has 0 saturated heterocycles. The Labute approximate surface area is 164 Å². The molecule has 0 aromatic heterocycles. The van der Waals surface area contributed by atoms with Gasteiger partial charge in [-0.25, -0.2) is 0 Å². The van der Waals surface area contributed by atoms with Crippen LogP contribution in [0.5, 0.6) is 0 Å². The van der Waals surface area contributed by atoms with Crippen molar-refractivity contribution in [1.82, 2.24) is 0 Å². The van der Waals surface area contributed by atoms with E-state index in [0.717, 1.165) is 16.5 Å². The topological polar surface area (TPSA) is 0 Å². The second kappa shape index (κ2) is 6.01. The van der Waals surface area contributed by atoms with E-state index in [1.54, 1.807) is 0 Å². The highest BCUT2D eigenvalue weighted by atomic mass is 35.5. The Kier molecular flexibility index (Phi) is 3.74. The lowest BCUT2D eigenvalue weighted by Crippen LogP contribution is -2.05. The van der Waals surface area contributed by atoms with Crippen molar-refractivity contribution in [3.8, 4) is 11.1 Å². The maximum absolute atomic E-state index is 6.35. The van der Waals surface area contributed by atoms with Gasteiger partial charge in [0.25, 0.3) is 0 Å². The second-order valence-corrected chi connectivity index (χ2v) is 8.19. The van der Waals surface area contributed by atoms with Crippen LogP contribution in [0.25, 0.3) is 17.2 Å². The van der Waals surface area contributed by atoms with Gasteiger partial charge in [-0.1, -0.05) is 71.2 Å². The van der Waals surface area contributed by atoms with Gasteiger partial charge in [0, 0.05) is 21.9 Å². The average Bonchev–Trinajstić information content (AvgIpc) is 3.10. The van der Waals surface area contributed by atoms with Gasteiger partial charge in [0.15, 0.2) is 0 Å². The Bertz CT molecular complexity index is 1010. The van der Waals surface area contributed by atoms with E-state index in [0.29, 0.717) is 11.8 Å². The van der Waals surface area contributed by atoms with Crippen LogP contribution in [-0.2, 0) is 0 Å². The van der Waals surface area contributed by atoms with Crippen LogP contribution in [0.2, 0.25) is 10.0 Å². The van der Waals surface area contributed by atoms with E-state index < -0.39 is 0 Å². The highest BCUT2D eigenvalue weighted by Gasteiger charge is 2.33. The summed E-state index contributed by atoms with van der Waals surface area (Å²) in [4.78, 5) is 0. The van der Waals surface area contributed by atoms with Gasteiger partial charge in [0.2, 0.25) is 0 Å². The molecule has 0 spiro atoms. The summed E-state index contributed by atoms with van der Waals surface area (Å²) in [5, 5.41) is 1.60. The summed E-state index contributed by atoms with van der Waals surface area (Å²) < 4.78 is 0. The van der Waals surface area contributed by atoms with Crippen LogP contribution in [0.1, 0.15) is 47.4 Å². The molecule has 0 heterocycles. The summed E-state index contributed by atoms with van der Waals surface area (Å²) in [6.45, 7) is 2.25. The summed E-state index contributed by atoms with van der Waals surface area (Å²) in [6, 6.07) is 21.3. The number of allylic oxidation sites excluding steroid dienone is 1. The molecule has 2 aliphatic carbocycles. The molecular formula is C24H18Cl2. The summed E-state index contributed by atoms with van der Waals surface area (Å²) in [5.41, 5.74) is 9.46. The molecule has 128 valence electrons. The van der Waals surface area contributed by atoms with Crippen molar-refractivity contribution in [1.29, 1.82) is 0 Å². The molecule has 26 heavy (non-hydrogen) atoms. The van der Waals surface area contributed by atoms with Crippen LogP contribution in [0.4, 0.5) is 0 Å². The van der Waals surface area contributed by atoms with Crippen molar-refractivity contribution in [2.45, 2.75) is 25.2 Å². The van der Waals surface area contributed by atoms with Gasteiger partial charge in [0.1, 0.15) is 0 Å². The van der Waals surface area contributed by atoms with E-state index in [4.69, 9.17) is 23.2 Å². The van der Waals surface area contributed by atoms with E-state index >= 15 is 0 Å². The van der Waals surface area contributed by atoms with Crippen LogP contribution < -0.4 is 0 Å². The first kappa shape index (κ1) is 16.2. The van der Waals surface area contributed by atoms with E-state index in [2.05, 4.69) is 61.5 Å². The summed E-state index contributed by atoms with van der Waals surface area (Å²) >= 11 is 12.7. The zero-order valence-corrected chi connectivity index (χ0v) is 16.0. The molecule has 3 aromatic rings. The van der Waals surface area contributed by atoms with E-state index in [-0.39, 0.29) is 0 Å². The van der Waals surface area contributed by atoms with Crippen molar-refractivity contribution in [3.63, 3.8) is 0 Å². The third-order valence-electron chi connectivity index (χ3n) is 5.84. The summed E-state index contributed by atoms with van der Waals surface area (Å²) in [5.74, 6) is 0.755. The largest absolute Gasteiger partial charge is 0.0843 e. The molecule has 0 nitrogen and oxygen atoms in total. The predicted molar refractivity (Wildman–Crippen MR) is 111 cm³/mol. The average molecular weight is 377 g/mol. The highest BCUT2D eigenvalue weighted by molar-refractivity contribution is 6.31. The maximum Gasteiger partial charge on any atom is 0.0409 e. The SMILES string of the molecule is CC1=Cc2ccccc2C1CC1c2cc(Cl)ccc2-c2ccc(Cl)cc21. The second-order valence-electron chi connectivity index (χ2n) is 7.32. The third kappa shape index (κ3) is 2.44. The van der Waals surface area contributed by atoms with E-state index in [1.807, 2.05) is 12.1 Å².